The van der Waals surface area contributed by atoms with Crippen LogP contribution in [0.1, 0.15) is 24.4 Å². The summed E-state index contributed by atoms with van der Waals surface area (Å²) in [5.74, 6) is 0.293. The molecule has 2 amide bonds. The number of ether oxygens (including phenoxy) is 1. The Labute approximate surface area is 158 Å². The highest BCUT2D eigenvalue weighted by Crippen LogP contribution is 2.39. The van der Waals surface area contributed by atoms with Crippen LogP contribution in [0.5, 0.6) is 5.75 Å². The van der Waals surface area contributed by atoms with Crippen LogP contribution in [0, 0.1) is 0 Å². The first-order chi connectivity index (χ1) is 13.1. The molecule has 6 heteroatoms. The average molecular weight is 365 g/mol. The number of fused-ring (bicyclic) bond motifs is 1. The topological polar surface area (TPSA) is 75.9 Å². The summed E-state index contributed by atoms with van der Waals surface area (Å²) >= 11 is 0. The molecule has 6 nitrogen and oxygen atoms in total. The fraction of sp³-hybridized carbons (Fsp3) is 0.333. The van der Waals surface area contributed by atoms with Gasteiger partial charge in [0.05, 0.1) is 24.3 Å². The molecule has 1 fully saturated rings. The van der Waals surface area contributed by atoms with Gasteiger partial charge >= 0.3 is 0 Å². The molecule has 2 unspecified atom stereocenters. The van der Waals surface area contributed by atoms with Gasteiger partial charge in [0.2, 0.25) is 11.8 Å². The Balaban J connectivity index is 1.65. The molecule has 0 aliphatic carbocycles. The van der Waals surface area contributed by atoms with Crippen LogP contribution in [0.15, 0.2) is 54.6 Å². The van der Waals surface area contributed by atoms with Gasteiger partial charge in [0.1, 0.15) is 12.4 Å². The minimum atomic E-state index is -0.361. The number of para-hydroxylation sites is 2. The highest BCUT2D eigenvalue weighted by molar-refractivity contribution is 5.98. The Hall–Kier alpha value is -2.86. The number of nitrogens with zero attached hydrogens (tertiary/aromatic N) is 2. The van der Waals surface area contributed by atoms with Crippen LogP contribution in [0.2, 0.25) is 0 Å². The maximum atomic E-state index is 13.3. The molecule has 0 bridgehead atoms. The third kappa shape index (κ3) is 3.40. The summed E-state index contributed by atoms with van der Waals surface area (Å²) in [5, 5.41) is 0. The largest absolute Gasteiger partial charge is 0.489 e. The summed E-state index contributed by atoms with van der Waals surface area (Å²) in [5.41, 5.74) is 7.29. The van der Waals surface area contributed by atoms with Gasteiger partial charge in [-0.3, -0.25) is 19.4 Å². The lowest BCUT2D eigenvalue weighted by atomic mass is 10.0. The second kappa shape index (κ2) is 7.40. The molecular formula is C21H23N3O3. The fourth-order valence-electron chi connectivity index (χ4n) is 4.01. The lowest BCUT2D eigenvalue weighted by Crippen LogP contribution is -2.49. The maximum absolute atomic E-state index is 13.3. The Kier molecular flexibility index (Phi) is 4.81. The van der Waals surface area contributed by atoms with Gasteiger partial charge in [0.15, 0.2) is 0 Å². The standard InChI is InChI=1S/C21H23N3O3/c22-21(26)17-10-6-12-23(17)13-20(25)24-16-9-4-5-11-19(16)27-14-18(24)15-7-2-1-3-8-15/h1-5,7-9,11,17-18H,6,10,12-14H2,(H2,22,26). The maximum Gasteiger partial charge on any atom is 0.241 e. The van der Waals surface area contributed by atoms with Crippen molar-refractivity contribution in [1.29, 1.82) is 0 Å². The van der Waals surface area contributed by atoms with E-state index in [0.717, 1.165) is 17.7 Å². The average Bonchev–Trinajstić information content (AvgIpc) is 3.16. The molecule has 2 atom stereocenters. The minimum Gasteiger partial charge on any atom is -0.489 e. The van der Waals surface area contributed by atoms with Gasteiger partial charge in [-0.25, -0.2) is 0 Å². The van der Waals surface area contributed by atoms with Crippen LogP contribution in [-0.2, 0) is 9.59 Å². The number of primary amides is 1. The summed E-state index contributed by atoms with van der Waals surface area (Å²) in [4.78, 5) is 28.7. The van der Waals surface area contributed by atoms with Gasteiger partial charge in [0, 0.05) is 0 Å². The van der Waals surface area contributed by atoms with Crippen LogP contribution >= 0.6 is 0 Å². The van der Waals surface area contributed by atoms with Crippen LogP contribution in [-0.4, -0.2) is 42.5 Å². The number of amides is 2. The summed E-state index contributed by atoms with van der Waals surface area (Å²) < 4.78 is 5.92. The Morgan fingerprint density at radius 3 is 2.59 bits per heavy atom. The van der Waals surface area contributed by atoms with E-state index in [0.29, 0.717) is 25.3 Å². The Bertz CT molecular complexity index is 840. The molecule has 0 radical (unpaired) electrons. The molecule has 140 valence electrons. The Morgan fingerprint density at radius 2 is 1.81 bits per heavy atom. The number of hydrogen-bond donors (Lipinski definition) is 1. The second-order valence-corrected chi connectivity index (χ2v) is 7.00. The van der Waals surface area contributed by atoms with Gasteiger partial charge in [-0.05, 0) is 37.1 Å². The highest BCUT2D eigenvalue weighted by atomic mass is 16.5. The van der Waals surface area contributed by atoms with Gasteiger partial charge in [-0.1, -0.05) is 42.5 Å². The van der Waals surface area contributed by atoms with Crippen molar-refractivity contribution in [2.24, 2.45) is 5.73 Å². The zero-order valence-electron chi connectivity index (χ0n) is 15.1. The van der Waals surface area contributed by atoms with Crippen molar-refractivity contribution < 1.29 is 14.3 Å². The zero-order chi connectivity index (χ0) is 18.8. The number of likely N-dealkylation sites (tertiary alicyclic amines) is 1. The number of rotatable bonds is 4. The van der Waals surface area contributed by atoms with E-state index < -0.39 is 0 Å². The number of nitrogens with two attached hydrogens (primary N) is 1. The van der Waals surface area contributed by atoms with Gasteiger partial charge < -0.3 is 10.5 Å². The van der Waals surface area contributed by atoms with Crippen molar-refractivity contribution in [3.05, 3.63) is 60.2 Å². The number of carbonyl (C=O) groups excluding carboxylic acids is 2. The molecule has 0 aromatic heterocycles. The normalized spacial score (nSPS) is 22.1. The quantitative estimate of drug-likeness (QED) is 0.900. The lowest BCUT2D eigenvalue weighted by Gasteiger charge is -2.38. The molecule has 0 spiro atoms. The first kappa shape index (κ1) is 17.5. The van der Waals surface area contributed by atoms with Crippen molar-refractivity contribution in [2.75, 3.05) is 24.6 Å². The molecule has 2 aromatic rings. The molecule has 2 heterocycles. The monoisotopic (exact) mass is 365 g/mol. The van der Waals surface area contributed by atoms with Crippen LogP contribution in [0.4, 0.5) is 5.69 Å². The lowest BCUT2D eigenvalue weighted by molar-refractivity contribution is -0.124. The third-order valence-corrected chi connectivity index (χ3v) is 5.32. The second-order valence-electron chi connectivity index (χ2n) is 7.00. The molecule has 2 N–H and O–H groups in total. The first-order valence-electron chi connectivity index (χ1n) is 9.27. The molecule has 4 rings (SSSR count). The van der Waals surface area contributed by atoms with Crippen molar-refractivity contribution in [3.63, 3.8) is 0 Å². The molecular weight excluding hydrogens is 342 g/mol. The fourth-order valence-corrected chi connectivity index (χ4v) is 4.01. The summed E-state index contributed by atoms with van der Waals surface area (Å²) in [7, 11) is 0. The molecule has 0 saturated carbocycles. The molecule has 2 aliphatic rings. The van der Waals surface area contributed by atoms with Gasteiger partial charge in [-0.15, -0.1) is 0 Å². The summed E-state index contributed by atoms with van der Waals surface area (Å²) in [6.07, 6.45) is 1.59. The van der Waals surface area contributed by atoms with Crippen LogP contribution < -0.4 is 15.4 Å². The number of benzene rings is 2. The predicted octanol–water partition coefficient (Wildman–Crippen LogP) is 2.10. The zero-order valence-corrected chi connectivity index (χ0v) is 15.1. The van der Waals surface area contributed by atoms with Gasteiger partial charge in [0.25, 0.3) is 0 Å². The van der Waals surface area contributed by atoms with E-state index in [-0.39, 0.29) is 30.4 Å². The van der Waals surface area contributed by atoms with Crippen LogP contribution in [0.3, 0.4) is 0 Å². The van der Waals surface area contributed by atoms with Crippen molar-refractivity contribution in [1.82, 2.24) is 4.90 Å². The van der Waals surface area contributed by atoms with Crippen molar-refractivity contribution >= 4 is 17.5 Å². The van der Waals surface area contributed by atoms with Crippen LogP contribution in [0.25, 0.3) is 0 Å². The summed E-state index contributed by atoms with van der Waals surface area (Å²) in [6, 6.07) is 16.9. The van der Waals surface area contributed by atoms with Gasteiger partial charge in [-0.2, -0.15) is 0 Å². The SMILES string of the molecule is NC(=O)C1CCCN1CC(=O)N1c2ccccc2OCC1c1ccccc1. The minimum absolute atomic E-state index is 0.0484. The van der Waals surface area contributed by atoms with E-state index in [4.69, 9.17) is 10.5 Å². The van der Waals surface area contributed by atoms with E-state index in [2.05, 4.69) is 0 Å². The number of hydrogen-bond acceptors (Lipinski definition) is 4. The van der Waals surface area contributed by atoms with E-state index >= 15 is 0 Å². The van der Waals surface area contributed by atoms with Crippen molar-refractivity contribution in [3.8, 4) is 5.75 Å². The van der Waals surface area contributed by atoms with Crippen molar-refractivity contribution in [2.45, 2.75) is 24.9 Å². The third-order valence-electron chi connectivity index (χ3n) is 5.32. The molecule has 2 aliphatic heterocycles. The van der Waals surface area contributed by atoms with E-state index in [1.807, 2.05) is 64.4 Å². The van der Waals surface area contributed by atoms with E-state index in [9.17, 15) is 9.59 Å². The smallest absolute Gasteiger partial charge is 0.241 e. The molecule has 1 saturated heterocycles. The number of anilines is 1. The highest BCUT2D eigenvalue weighted by Gasteiger charge is 2.36. The molecule has 27 heavy (non-hydrogen) atoms. The summed E-state index contributed by atoms with van der Waals surface area (Å²) in [6.45, 7) is 1.28. The number of carbonyl (C=O) groups is 2. The molecule has 2 aromatic carbocycles. The predicted molar refractivity (Wildman–Crippen MR) is 102 cm³/mol. The van der Waals surface area contributed by atoms with E-state index in [1.54, 1.807) is 0 Å². The first-order valence-corrected chi connectivity index (χ1v) is 9.27. The van der Waals surface area contributed by atoms with E-state index in [1.165, 1.54) is 0 Å². The Morgan fingerprint density at radius 1 is 1.07 bits per heavy atom.